The molecule has 0 heterocycles. The summed E-state index contributed by atoms with van der Waals surface area (Å²) in [6.07, 6.45) is -1.60. The van der Waals surface area contributed by atoms with E-state index in [0.29, 0.717) is 12.1 Å². The molecule has 21 heavy (non-hydrogen) atoms. The van der Waals surface area contributed by atoms with E-state index in [9.17, 15) is 9.59 Å². The number of rotatable bonds is 4. The topological polar surface area (TPSA) is 67.4 Å². The van der Waals surface area contributed by atoms with Gasteiger partial charge in [-0.25, -0.2) is 4.79 Å². The van der Waals surface area contributed by atoms with Crippen LogP contribution in [-0.2, 0) is 9.53 Å². The molecule has 0 aliphatic carbocycles. The molecule has 0 radical (unpaired) electrons. The van der Waals surface area contributed by atoms with Gasteiger partial charge in [-0.2, -0.15) is 0 Å². The van der Waals surface area contributed by atoms with Gasteiger partial charge in [0.25, 0.3) is 5.91 Å². The van der Waals surface area contributed by atoms with Crippen molar-refractivity contribution in [1.29, 1.82) is 0 Å². The quantitative estimate of drug-likeness (QED) is 0.870. The summed E-state index contributed by atoms with van der Waals surface area (Å²) in [4.78, 5) is 24.0. The van der Waals surface area contributed by atoms with Crippen molar-refractivity contribution in [1.82, 2.24) is 10.6 Å². The van der Waals surface area contributed by atoms with Crippen LogP contribution in [0.25, 0.3) is 0 Å². The SMILES string of the molecule is CCNC(=O)C(OC(=O)NC(C)(C)C)c1ccc(Br)cc1. The Labute approximate surface area is 133 Å². The third kappa shape index (κ3) is 6.16. The highest BCUT2D eigenvalue weighted by Crippen LogP contribution is 2.21. The van der Waals surface area contributed by atoms with Crippen molar-refractivity contribution in [3.05, 3.63) is 34.3 Å². The fourth-order valence-electron chi connectivity index (χ4n) is 1.62. The lowest BCUT2D eigenvalue weighted by Gasteiger charge is -2.23. The Bertz CT molecular complexity index is 495. The van der Waals surface area contributed by atoms with Gasteiger partial charge >= 0.3 is 6.09 Å². The van der Waals surface area contributed by atoms with Crippen molar-refractivity contribution in [2.75, 3.05) is 6.54 Å². The Morgan fingerprint density at radius 3 is 2.29 bits per heavy atom. The average molecular weight is 357 g/mol. The Hall–Kier alpha value is -1.56. The number of carbonyl (C=O) groups is 2. The summed E-state index contributed by atoms with van der Waals surface area (Å²) in [5, 5.41) is 5.35. The number of halogens is 1. The molecule has 0 spiro atoms. The molecule has 1 rings (SSSR count). The van der Waals surface area contributed by atoms with E-state index < -0.39 is 17.7 Å². The summed E-state index contributed by atoms with van der Waals surface area (Å²) in [6.45, 7) is 7.81. The molecule has 0 saturated carbocycles. The Morgan fingerprint density at radius 1 is 1.24 bits per heavy atom. The highest BCUT2D eigenvalue weighted by molar-refractivity contribution is 9.10. The lowest BCUT2D eigenvalue weighted by molar-refractivity contribution is -0.129. The molecular formula is C15H21BrN2O3. The molecule has 116 valence electrons. The van der Waals surface area contributed by atoms with Crippen LogP contribution in [0, 0.1) is 0 Å². The van der Waals surface area contributed by atoms with Crippen LogP contribution in [0.1, 0.15) is 39.4 Å². The van der Waals surface area contributed by atoms with Crippen LogP contribution in [0.5, 0.6) is 0 Å². The van der Waals surface area contributed by atoms with Gasteiger partial charge in [0, 0.05) is 22.1 Å². The second-order valence-corrected chi connectivity index (χ2v) is 6.52. The van der Waals surface area contributed by atoms with E-state index in [4.69, 9.17) is 4.74 Å². The van der Waals surface area contributed by atoms with Gasteiger partial charge in [0.05, 0.1) is 0 Å². The van der Waals surface area contributed by atoms with Gasteiger partial charge in [-0.3, -0.25) is 4.79 Å². The van der Waals surface area contributed by atoms with Gasteiger partial charge in [0.15, 0.2) is 0 Å². The highest BCUT2D eigenvalue weighted by atomic mass is 79.9. The molecule has 1 aromatic rings. The predicted octanol–water partition coefficient (Wildman–Crippen LogP) is 3.15. The van der Waals surface area contributed by atoms with E-state index in [0.717, 1.165) is 4.47 Å². The zero-order valence-electron chi connectivity index (χ0n) is 12.7. The lowest BCUT2D eigenvalue weighted by Crippen LogP contribution is -2.43. The number of carbonyl (C=O) groups excluding carboxylic acids is 2. The van der Waals surface area contributed by atoms with Crippen molar-refractivity contribution in [2.45, 2.75) is 39.3 Å². The van der Waals surface area contributed by atoms with Crippen molar-refractivity contribution < 1.29 is 14.3 Å². The number of hydrogen-bond donors (Lipinski definition) is 2. The van der Waals surface area contributed by atoms with Gasteiger partial charge < -0.3 is 15.4 Å². The number of alkyl carbamates (subject to hydrolysis) is 1. The predicted molar refractivity (Wildman–Crippen MR) is 84.9 cm³/mol. The fraction of sp³-hybridized carbons (Fsp3) is 0.467. The van der Waals surface area contributed by atoms with Crippen LogP contribution < -0.4 is 10.6 Å². The molecular weight excluding hydrogens is 336 g/mol. The van der Waals surface area contributed by atoms with Crippen LogP contribution in [-0.4, -0.2) is 24.1 Å². The summed E-state index contributed by atoms with van der Waals surface area (Å²) in [6, 6.07) is 7.09. The molecule has 0 bridgehead atoms. The highest BCUT2D eigenvalue weighted by Gasteiger charge is 2.26. The van der Waals surface area contributed by atoms with Gasteiger partial charge in [-0.15, -0.1) is 0 Å². The van der Waals surface area contributed by atoms with Crippen molar-refractivity contribution in [3.8, 4) is 0 Å². The first-order valence-electron chi connectivity index (χ1n) is 6.75. The first kappa shape index (κ1) is 17.5. The van der Waals surface area contributed by atoms with Crippen molar-refractivity contribution in [3.63, 3.8) is 0 Å². The molecule has 1 unspecified atom stereocenters. The second-order valence-electron chi connectivity index (χ2n) is 5.61. The Morgan fingerprint density at radius 2 is 1.81 bits per heavy atom. The van der Waals surface area contributed by atoms with E-state index >= 15 is 0 Å². The van der Waals surface area contributed by atoms with E-state index in [1.807, 2.05) is 27.7 Å². The zero-order chi connectivity index (χ0) is 16.0. The van der Waals surface area contributed by atoms with E-state index in [2.05, 4.69) is 26.6 Å². The number of amides is 2. The second kappa shape index (κ2) is 7.45. The fourth-order valence-corrected chi connectivity index (χ4v) is 1.88. The molecule has 1 aromatic carbocycles. The maximum absolute atomic E-state index is 12.1. The van der Waals surface area contributed by atoms with Crippen LogP contribution in [0.15, 0.2) is 28.7 Å². The number of benzene rings is 1. The van der Waals surface area contributed by atoms with Crippen LogP contribution in [0.4, 0.5) is 4.79 Å². The lowest BCUT2D eigenvalue weighted by atomic mass is 10.1. The third-order valence-electron chi connectivity index (χ3n) is 2.46. The molecule has 0 fully saturated rings. The van der Waals surface area contributed by atoms with Crippen molar-refractivity contribution >= 4 is 27.9 Å². The number of hydrogen-bond acceptors (Lipinski definition) is 3. The normalized spacial score (nSPS) is 12.4. The Kier molecular flexibility index (Phi) is 6.20. The van der Waals surface area contributed by atoms with Gasteiger partial charge in [-0.05, 0) is 39.8 Å². The van der Waals surface area contributed by atoms with Gasteiger partial charge in [0.1, 0.15) is 0 Å². The smallest absolute Gasteiger partial charge is 0.408 e. The maximum atomic E-state index is 12.1. The van der Waals surface area contributed by atoms with Crippen LogP contribution >= 0.6 is 15.9 Å². The van der Waals surface area contributed by atoms with E-state index in [-0.39, 0.29) is 5.91 Å². The molecule has 0 aromatic heterocycles. The summed E-state index contributed by atoms with van der Waals surface area (Å²) >= 11 is 3.33. The molecule has 6 heteroatoms. The standard InChI is InChI=1S/C15H21BrN2O3/c1-5-17-13(19)12(10-6-8-11(16)9-7-10)21-14(20)18-15(2,3)4/h6-9,12H,5H2,1-4H3,(H,17,19)(H,18,20). The van der Waals surface area contributed by atoms with Crippen LogP contribution in [0.2, 0.25) is 0 Å². The summed E-state index contributed by atoms with van der Waals surface area (Å²) in [7, 11) is 0. The van der Waals surface area contributed by atoms with Crippen molar-refractivity contribution in [2.24, 2.45) is 0 Å². The minimum absolute atomic E-state index is 0.344. The largest absolute Gasteiger partial charge is 0.431 e. The molecule has 2 amide bonds. The number of nitrogens with one attached hydrogen (secondary N) is 2. The van der Waals surface area contributed by atoms with Gasteiger partial charge in [0.2, 0.25) is 6.10 Å². The first-order chi connectivity index (χ1) is 9.73. The molecule has 0 saturated heterocycles. The number of likely N-dealkylation sites (N-methyl/N-ethyl adjacent to an activating group) is 1. The molecule has 0 aliphatic heterocycles. The Balaban J connectivity index is 2.90. The summed E-state index contributed by atoms with van der Waals surface area (Å²) in [5.41, 5.74) is 0.191. The zero-order valence-corrected chi connectivity index (χ0v) is 14.3. The van der Waals surface area contributed by atoms with E-state index in [1.54, 1.807) is 24.3 Å². The molecule has 1 atom stereocenters. The summed E-state index contributed by atoms with van der Waals surface area (Å²) < 4.78 is 6.18. The number of ether oxygens (including phenoxy) is 1. The van der Waals surface area contributed by atoms with Gasteiger partial charge in [-0.1, -0.05) is 28.1 Å². The molecule has 5 nitrogen and oxygen atoms in total. The monoisotopic (exact) mass is 356 g/mol. The first-order valence-corrected chi connectivity index (χ1v) is 7.54. The van der Waals surface area contributed by atoms with E-state index in [1.165, 1.54) is 0 Å². The molecule has 0 aliphatic rings. The average Bonchev–Trinajstić information content (AvgIpc) is 2.35. The summed E-state index contributed by atoms with van der Waals surface area (Å²) in [5.74, 6) is -0.344. The molecule has 2 N–H and O–H groups in total. The minimum atomic E-state index is -0.972. The minimum Gasteiger partial charge on any atom is -0.431 e. The third-order valence-corrected chi connectivity index (χ3v) is 2.99. The maximum Gasteiger partial charge on any atom is 0.408 e. The van der Waals surface area contributed by atoms with Crippen LogP contribution in [0.3, 0.4) is 0 Å².